The van der Waals surface area contributed by atoms with Crippen LogP contribution < -0.4 is 0 Å². The maximum Gasteiger partial charge on any atom is 0.306 e. The van der Waals surface area contributed by atoms with Gasteiger partial charge in [-0.3, -0.25) is 14.4 Å². The molecule has 0 amide bonds. The fraction of sp³-hybridized carbons (Fsp3) is 0.704. The van der Waals surface area contributed by atoms with Crippen molar-refractivity contribution in [2.24, 2.45) is 0 Å². The highest BCUT2D eigenvalue weighted by Gasteiger charge is 2.19. The van der Waals surface area contributed by atoms with Crippen molar-refractivity contribution in [2.75, 3.05) is 13.2 Å². The van der Waals surface area contributed by atoms with Crippen LogP contribution in [-0.4, -0.2) is 37.2 Å². The molecule has 0 heterocycles. The summed E-state index contributed by atoms with van der Waals surface area (Å²) in [4.78, 5) is 38.3. The zero-order chi connectivity index (χ0) is 55.7. The second kappa shape index (κ2) is 64.6. The largest absolute Gasteiger partial charge is 0.462 e. The van der Waals surface area contributed by atoms with Gasteiger partial charge in [-0.2, -0.15) is 0 Å². The molecule has 0 saturated carbocycles. The van der Waals surface area contributed by atoms with Crippen LogP contribution >= 0.6 is 0 Å². The Labute approximate surface area is 476 Å². The molecule has 0 aromatic rings. The number of carbonyl (C=O) groups is 3. The Morgan fingerprint density at radius 2 is 0.532 bits per heavy atom. The molecule has 77 heavy (non-hydrogen) atoms. The number of carbonyl (C=O) groups excluding carboxylic acids is 3. The summed E-state index contributed by atoms with van der Waals surface area (Å²) in [7, 11) is 0. The molecule has 0 aromatic carbocycles. The van der Waals surface area contributed by atoms with Gasteiger partial charge < -0.3 is 14.2 Å². The first-order valence-corrected chi connectivity index (χ1v) is 32.4. The summed E-state index contributed by atoms with van der Waals surface area (Å²) in [6, 6.07) is 0. The predicted octanol–water partition coefficient (Wildman–Crippen LogP) is 22.2. The van der Waals surface area contributed by atoms with Gasteiger partial charge in [0.15, 0.2) is 6.10 Å². The second-order valence-electron chi connectivity index (χ2n) is 21.3. The highest BCUT2D eigenvalue weighted by Crippen LogP contribution is 2.16. The van der Waals surface area contributed by atoms with Gasteiger partial charge in [0.05, 0.1) is 0 Å². The van der Waals surface area contributed by atoms with Crippen LogP contribution in [0.4, 0.5) is 0 Å². The standard InChI is InChI=1S/C71H120O6/c1-4-7-10-13-16-19-22-25-27-29-31-32-33-34-35-36-37-38-40-41-43-46-49-52-55-58-61-64-70(73)76-67-68(66-75-69(72)63-60-57-54-51-48-45-24-21-18-15-12-9-6-3)77-71(74)65-62-59-56-53-50-47-44-42-39-30-28-26-23-20-17-14-11-8-5-2/h7,10,12,15-17,19-21,24-28,31-32,39,42,68H,4-6,8-9,11,13-14,18,22-23,29-30,33-38,40-41,43-67H2,1-3H3/b10-7-,15-12-,19-16-,20-17-,24-21-,27-25-,28-26-,32-31-,42-39-. The van der Waals surface area contributed by atoms with Gasteiger partial charge in [0.1, 0.15) is 13.2 Å². The van der Waals surface area contributed by atoms with Crippen molar-refractivity contribution in [2.45, 2.75) is 309 Å². The van der Waals surface area contributed by atoms with Crippen molar-refractivity contribution in [1.29, 1.82) is 0 Å². The summed E-state index contributed by atoms with van der Waals surface area (Å²) >= 11 is 0. The highest BCUT2D eigenvalue weighted by atomic mass is 16.6. The number of unbranched alkanes of at least 4 members (excludes halogenated alkanes) is 29. The molecule has 0 fully saturated rings. The van der Waals surface area contributed by atoms with Gasteiger partial charge in [0, 0.05) is 19.3 Å². The van der Waals surface area contributed by atoms with E-state index in [0.29, 0.717) is 19.3 Å². The van der Waals surface area contributed by atoms with E-state index in [-0.39, 0.29) is 31.1 Å². The molecule has 6 heteroatoms. The van der Waals surface area contributed by atoms with Crippen molar-refractivity contribution in [3.63, 3.8) is 0 Å². The molecule has 0 radical (unpaired) electrons. The maximum atomic E-state index is 12.9. The van der Waals surface area contributed by atoms with Crippen molar-refractivity contribution < 1.29 is 28.6 Å². The number of hydrogen-bond donors (Lipinski definition) is 0. The molecule has 0 aliphatic rings. The first-order chi connectivity index (χ1) is 38.0. The average Bonchev–Trinajstić information content (AvgIpc) is 3.43. The summed E-state index contributed by atoms with van der Waals surface area (Å²) in [6.07, 6.45) is 88.1. The molecule has 0 N–H and O–H groups in total. The Hall–Kier alpha value is -3.93. The van der Waals surface area contributed by atoms with Gasteiger partial charge >= 0.3 is 17.9 Å². The van der Waals surface area contributed by atoms with Gasteiger partial charge in [-0.15, -0.1) is 0 Å². The zero-order valence-corrected chi connectivity index (χ0v) is 50.4. The lowest BCUT2D eigenvalue weighted by atomic mass is 10.0. The summed E-state index contributed by atoms with van der Waals surface area (Å²) in [5.74, 6) is -0.908. The predicted molar refractivity (Wildman–Crippen MR) is 334 cm³/mol. The van der Waals surface area contributed by atoms with Crippen LogP contribution in [0.2, 0.25) is 0 Å². The minimum Gasteiger partial charge on any atom is -0.462 e. The van der Waals surface area contributed by atoms with Crippen molar-refractivity contribution >= 4 is 17.9 Å². The van der Waals surface area contributed by atoms with E-state index in [2.05, 4.69) is 130 Å². The molecule has 0 rings (SSSR count). The molecule has 0 spiro atoms. The van der Waals surface area contributed by atoms with Crippen LogP contribution in [0.15, 0.2) is 109 Å². The van der Waals surface area contributed by atoms with Gasteiger partial charge in [-0.05, 0) is 122 Å². The Kier molecular flexibility index (Phi) is 61.3. The normalized spacial score (nSPS) is 12.8. The molecule has 0 aromatic heterocycles. The summed E-state index contributed by atoms with van der Waals surface area (Å²) in [6.45, 7) is 6.43. The monoisotopic (exact) mass is 1070 g/mol. The van der Waals surface area contributed by atoms with Crippen LogP contribution in [0, 0.1) is 0 Å². The molecule has 6 nitrogen and oxygen atoms in total. The molecular weight excluding hydrogens is 949 g/mol. The zero-order valence-electron chi connectivity index (χ0n) is 50.4. The molecule has 1 unspecified atom stereocenters. The van der Waals surface area contributed by atoms with Crippen molar-refractivity contribution in [3.05, 3.63) is 109 Å². The first-order valence-electron chi connectivity index (χ1n) is 32.4. The van der Waals surface area contributed by atoms with Crippen LogP contribution in [-0.2, 0) is 28.6 Å². The highest BCUT2D eigenvalue weighted by molar-refractivity contribution is 5.71. The van der Waals surface area contributed by atoms with E-state index in [1.807, 2.05) is 0 Å². The lowest BCUT2D eigenvalue weighted by molar-refractivity contribution is -0.167. The molecule has 440 valence electrons. The third-order valence-corrected chi connectivity index (χ3v) is 13.7. The van der Waals surface area contributed by atoms with E-state index in [0.717, 1.165) is 141 Å². The van der Waals surface area contributed by atoms with Crippen LogP contribution in [0.1, 0.15) is 303 Å². The summed E-state index contributed by atoms with van der Waals surface area (Å²) in [5.41, 5.74) is 0. The minimum atomic E-state index is -0.793. The van der Waals surface area contributed by atoms with Crippen LogP contribution in [0.25, 0.3) is 0 Å². The Balaban J connectivity index is 4.31. The smallest absolute Gasteiger partial charge is 0.306 e. The van der Waals surface area contributed by atoms with Gasteiger partial charge in [0.25, 0.3) is 0 Å². The first kappa shape index (κ1) is 73.1. The number of rotatable bonds is 58. The van der Waals surface area contributed by atoms with E-state index in [9.17, 15) is 14.4 Å². The number of allylic oxidation sites excluding steroid dienone is 18. The SMILES string of the molecule is CC/C=C\C/C=C\C/C=C\C/C=C\CCCCCCCCCCCCCCCCC(=O)OCC(COC(=O)CCCCCCC/C=C\C/C=C\CCC)OC(=O)CCCCCCCC/C=C\C/C=C\C/C=C\CCCCC. The van der Waals surface area contributed by atoms with E-state index >= 15 is 0 Å². The summed E-state index contributed by atoms with van der Waals surface area (Å²) < 4.78 is 16.9. The summed E-state index contributed by atoms with van der Waals surface area (Å²) in [5, 5.41) is 0. The fourth-order valence-electron chi connectivity index (χ4n) is 8.89. The molecule has 0 saturated heterocycles. The van der Waals surface area contributed by atoms with Gasteiger partial charge in [-0.1, -0.05) is 271 Å². The minimum absolute atomic E-state index is 0.0880. The van der Waals surface area contributed by atoms with Gasteiger partial charge in [0.2, 0.25) is 0 Å². The quantitative estimate of drug-likeness (QED) is 0.0261. The van der Waals surface area contributed by atoms with E-state index in [1.165, 1.54) is 122 Å². The van der Waals surface area contributed by atoms with Crippen LogP contribution in [0.3, 0.4) is 0 Å². The molecule has 0 aliphatic carbocycles. The lowest BCUT2D eigenvalue weighted by Crippen LogP contribution is -2.30. The fourth-order valence-corrected chi connectivity index (χ4v) is 8.89. The van der Waals surface area contributed by atoms with Crippen molar-refractivity contribution in [3.8, 4) is 0 Å². The Morgan fingerprint density at radius 1 is 0.273 bits per heavy atom. The molecule has 1 atom stereocenters. The average molecular weight is 1070 g/mol. The molecular formula is C71H120O6. The Bertz CT molecular complexity index is 1560. The van der Waals surface area contributed by atoms with Gasteiger partial charge in [-0.25, -0.2) is 0 Å². The number of hydrogen-bond acceptors (Lipinski definition) is 6. The molecule has 0 aliphatic heterocycles. The maximum absolute atomic E-state index is 12.9. The molecule has 0 bridgehead atoms. The third kappa shape index (κ3) is 62.8. The second-order valence-corrected chi connectivity index (χ2v) is 21.3. The van der Waals surface area contributed by atoms with Crippen molar-refractivity contribution in [1.82, 2.24) is 0 Å². The topological polar surface area (TPSA) is 78.9 Å². The third-order valence-electron chi connectivity index (χ3n) is 13.7. The Morgan fingerprint density at radius 3 is 0.844 bits per heavy atom. The van der Waals surface area contributed by atoms with E-state index in [1.54, 1.807) is 0 Å². The van der Waals surface area contributed by atoms with E-state index in [4.69, 9.17) is 14.2 Å². The number of esters is 3. The number of ether oxygens (including phenoxy) is 3. The van der Waals surface area contributed by atoms with E-state index < -0.39 is 6.10 Å². The lowest BCUT2D eigenvalue weighted by Gasteiger charge is -2.18. The van der Waals surface area contributed by atoms with Crippen LogP contribution in [0.5, 0.6) is 0 Å².